The summed E-state index contributed by atoms with van der Waals surface area (Å²) in [5.41, 5.74) is 0.792. The molecule has 0 saturated carbocycles. The second kappa shape index (κ2) is 6.96. The minimum atomic E-state index is -0.102. The lowest BCUT2D eigenvalue weighted by atomic mass is 10.3. The van der Waals surface area contributed by atoms with Crippen LogP contribution in [0.1, 0.15) is 5.76 Å². The molecule has 8 heteroatoms. The predicted octanol–water partition coefficient (Wildman–Crippen LogP) is 5.80. The Balaban J connectivity index is 1.89. The first-order valence-corrected chi connectivity index (χ1v) is 9.60. The first kappa shape index (κ1) is 17.0. The largest absolute Gasteiger partial charge is 0.449 e. The number of carbonyl (C=O) groups excluding carboxylic acids is 1. The highest BCUT2D eigenvalue weighted by Gasteiger charge is 2.30. The minimum Gasteiger partial charge on any atom is -0.449 e. The molecule has 1 aliphatic heterocycles. The van der Waals surface area contributed by atoms with Crippen LogP contribution in [-0.4, -0.2) is 23.0 Å². The standard InChI is InChI=1S/C15H9Br3N2O2S/c1-20-14(21)12(7-10-6-11(17)13(18)22-10)23-15(20)19-9-4-2-8(16)3-5-9/h2-7H,1H3/b12-7-,19-15?. The van der Waals surface area contributed by atoms with E-state index in [1.165, 1.54) is 16.7 Å². The number of hydrogen-bond acceptors (Lipinski definition) is 4. The number of furan rings is 1. The molecule has 0 aliphatic carbocycles. The zero-order valence-electron chi connectivity index (χ0n) is 11.7. The third kappa shape index (κ3) is 3.81. The molecule has 3 rings (SSSR count). The molecule has 23 heavy (non-hydrogen) atoms. The van der Waals surface area contributed by atoms with E-state index < -0.39 is 0 Å². The molecule has 4 nitrogen and oxygen atoms in total. The smallest absolute Gasteiger partial charge is 0.266 e. The van der Waals surface area contributed by atoms with Gasteiger partial charge in [-0.1, -0.05) is 15.9 Å². The second-order valence-corrected chi connectivity index (χ2v) is 8.12. The number of hydrogen-bond donors (Lipinski definition) is 0. The van der Waals surface area contributed by atoms with Crippen molar-refractivity contribution in [1.82, 2.24) is 4.90 Å². The van der Waals surface area contributed by atoms with Gasteiger partial charge in [0, 0.05) is 17.6 Å². The normalized spacial score (nSPS) is 18.4. The van der Waals surface area contributed by atoms with Crippen LogP contribution in [-0.2, 0) is 4.79 Å². The lowest BCUT2D eigenvalue weighted by Crippen LogP contribution is -2.23. The van der Waals surface area contributed by atoms with Gasteiger partial charge < -0.3 is 4.42 Å². The van der Waals surface area contributed by atoms with Gasteiger partial charge in [-0.2, -0.15) is 0 Å². The molecule has 1 fully saturated rings. The van der Waals surface area contributed by atoms with Gasteiger partial charge >= 0.3 is 0 Å². The molecule has 1 saturated heterocycles. The first-order chi connectivity index (χ1) is 10.9. The van der Waals surface area contributed by atoms with E-state index in [0.717, 1.165) is 14.6 Å². The number of aliphatic imine (C=N–C) groups is 1. The Labute approximate surface area is 162 Å². The fraction of sp³-hybridized carbons (Fsp3) is 0.0667. The summed E-state index contributed by atoms with van der Waals surface area (Å²) in [6.45, 7) is 0. The number of rotatable bonds is 2. The van der Waals surface area contributed by atoms with Gasteiger partial charge in [0.15, 0.2) is 9.84 Å². The van der Waals surface area contributed by atoms with Crippen molar-refractivity contribution in [1.29, 1.82) is 0 Å². The number of nitrogens with zero attached hydrogens (tertiary/aromatic N) is 2. The van der Waals surface area contributed by atoms with E-state index in [0.29, 0.717) is 20.5 Å². The summed E-state index contributed by atoms with van der Waals surface area (Å²) >= 11 is 11.3. The molecule has 1 aromatic carbocycles. The van der Waals surface area contributed by atoms with Crippen molar-refractivity contribution >= 4 is 82.4 Å². The Kier molecular flexibility index (Phi) is 5.15. The fourth-order valence-corrected chi connectivity index (χ4v) is 3.68. The van der Waals surface area contributed by atoms with Crippen LogP contribution >= 0.6 is 59.6 Å². The average molecular weight is 521 g/mol. The quantitative estimate of drug-likeness (QED) is 0.470. The maximum Gasteiger partial charge on any atom is 0.266 e. The summed E-state index contributed by atoms with van der Waals surface area (Å²) in [7, 11) is 1.71. The summed E-state index contributed by atoms with van der Waals surface area (Å²) in [6, 6.07) is 9.40. The minimum absolute atomic E-state index is 0.102. The highest BCUT2D eigenvalue weighted by Crippen LogP contribution is 2.35. The van der Waals surface area contributed by atoms with Gasteiger partial charge in [-0.15, -0.1) is 0 Å². The monoisotopic (exact) mass is 518 g/mol. The number of carbonyl (C=O) groups is 1. The highest BCUT2D eigenvalue weighted by molar-refractivity contribution is 9.13. The lowest BCUT2D eigenvalue weighted by Gasteiger charge is -2.06. The van der Waals surface area contributed by atoms with Gasteiger partial charge in [-0.25, -0.2) is 4.99 Å². The van der Waals surface area contributed by atoms with Crippen LogP contribution in [0.25, 0.3) is 6.08 Å². The van der Waals surface area contributed by atoms with E-state index in [-0.39, 0.29) is 5.91 Å². The summed E-state index contributed by atoms with van der Waals surface area (Å²) in [6.07, 6.45) is 1.71. The van der Waals surface area contributed by atoms with Crippen LogP contribution in [0.2, 0.25) is 0 Å². The number of halogens is 3. The van der Waals surface area contributed by atoms with Crippen LogP contribution in [0, 0.1) is 0 Å². The highest BCUT2D eigenvalue weighted by atomic mass is 79.9. The molecule has 118 valence electrons. The van der Waals surface area contributed by atoms with Crippen molar-refractivity contribution < 1.29 is 9.21 Å². The van der Waals surface area contributed by atoms with Crippen LogP contribution < -0.4 is 0 Å². The molecule has 0 bridgehead atoms. The van der Waals surface area contributed by atoms with Crippen molar-refractivity contribution in [2.24, 2.45) is 4.99 Å². The molecule has 0 spiro atoms. The van der Waals surface area contributed by atoms with E-state index in [2.05, 4.69) is 52.8 Å². The summed E-state index contributed by atoms with van der Waals surface area (Å²) in [5.74, 6) is 0.493. The molecule has 2 heterocycles. The Morgan fingerprint density at radius 2 is 1.91 bits per heavy atom. The zero-order valence-corrected chi connectivity index (χ0v) is 17.3. The molecule has 0 N–H and O–H groups in total. The maximum absolute atomic E-state index is 12.3. The van der Waals surface area contributed by atoms with Gasteiger partial charge in [0.25, 0.3) is 5.91 Å². The van der Waals surface area contributed by atoms with Gasteiger partial charge in [-0.3, -0.25) is 9.69 Å². The van der Waals surface area contributed by atoms with E-state index >= 15 is 0 Å². The molecule has 0 unspecified atom stereocenters. The van der Waals surface area contributed by atoms with E-state index in [9.17, 15) is 4.79 Å². The van der Waals surface area contributed by atoms with Crippen molar-refractivity contribution in [2.45, 2.75) is 0 Å². The zero-order chi connectivity index (χ0) is 16.6. The van der Waals surface area contributed by atoms with Gasteiger partial charge in [-0.05, 0) is 74.0 Å². The van der Waals surface area contributed by atoms with Crippen LogP contribution in [0.5, 0.6) is 0 Å². The Hall–Kier alpha value is -0.830. The van der Waals surface area contributed by atoms with Crippen LogP contribution in [0.15, 0.2) is 58.3 Å². The SMILES string of the molecule is CN1C(=O)/C(=C/c2cc(Br)c(Br)o2)SC1=Nc1ccc(Br)cc1. The second-order valence-electron chi connectivity index (χ2n) is 4.62. The van der Waals surface area contributed by atoms with Crippen LogP contribution in [0.3, 0.4) is 0 Å². The molecular formula is C15H9Br3N2O2S. The van der Waals surface area contributed by atoms with Gasteiger partial charge in [0.05, 0.1) is 15.1 Å². The number of thioether (sulfide) groups is 1. The lowest BCUT2D eigenvalue weighted by molar-refractivity contribution is -0.121. The maximum atomic E-state index is 12.3. The molecular weight excluding hydrogens is 512 g/mol. The van der Waals surface area contributed by atoms with E-state index in [1.54, 1.807) is 19.2 Å². The summed E-state index contributed by atoms with van der Waals surface area (Å²) < 4.78 is 7.87. The Morgan fingerprint density at radius 1 is 1.22 bits per heavy atom. The Morgan fingerprint density at radius 3 is 2.52 bits per heavy atom. The summed E-state index contributed by atoms with van der Waals surface area (Å²) in [5, 5.41) is 0.633. The summed E-state index contributed by atoms with van der Waals surface area (Å²) in [4.78, 5) is 19.0. The number of benzene rings is 1. The van der Waals surface area contributed by atoms with Crippen molar-refractivity contribution in [3.05, 3.63) is 54.6 Å². The third-order valence-electron chi connectivity index (χ3n) is 2.99. The van der Waals surface area contributed by atoms with E-state index in [1.807, 2.05) is 24.3 Å². The van der Waals surface area contributed by atoms with Crippen molar-refractivity contribution in [3.63, 3.8) is 0 Å². The van der Waals surface area contributed by atoms with Gasteiger partial charge in [0.1, 0.15) is 5.76 Å². The average Bonchev–Trinajstić information content (AvgIpc) is 2.96. The molecule has 0 radical (unpaired) electrons. The molecule has 1 aromatic heterocycles. The number of amides is 1. The number of amidine groups is 1. The van der Waals surface area contributed by atoms with Gasteiger partial charge in [0.2, 0.25) is 0 Å². The molecule has 2 aromatic rings. The first-order valence-electron chi connectivity index (χ1n) is 6.41. The molecule has 0 atom stereocenters. The van der Waals surface area contributed by atoms with Crippen LogP contribution in [0.4, 0.5) is 5.69 Å². The van der Waals surface area contributed by atoms with E-state index in [4.69, 9.17) is 4.42 Å². The number of likely N-dealkylation sites (N-methyl/N-ethyl adjacent to an activating group) is 1. The van der Waals surface area contributed by atoms with Crippen molar-refractivity contribution in [2.75, 3.05) is 7.05 Å². The topological polar surface area (TPSA) is 45.8 Å². The molecule has 1 aliphatic rings. The fourth-order valence-electron chi connectivity index (χ4n) is 1.84. The Bertz CT molecular complexity index is 808. The van der Waals surface area contributed by atoms with Crippen molar-refractivity contribution in [3.8, 4) is 0 Å². The third-order valence-corrected chi connectivity index (χ3v) is 6.29. The predicted molar refractivity (Wildman–Crippen MR) is 104 cm³/mol. The molecule has 1 amide bonds.